The Bertz CT molecular complexity index is 203. The Kier molecular flexibility index (Phi) is 7.34. The molecule has 0 amide bonds. The van der Waals surface area contributed by atoms with E-state index in [0.717, 1.165) is 37.5 Å². The van der Waals surface area contributed by atoms with Crippen molar-refractivity contribution in [2.24, 2.45) is 11.8 Å². The quantitative estimate of drug-likeness (QED) is 0.415. The van der Waals surface area contributed by atoms with E-state index in [9.17, 15) is 0 Å². The minimum absolute atomic E-state index is 0.738. The minimum Gasteiger partial charge on any atom is -0.502 e. The summed E-state index contributed by atoms with van der Waals surface area (Å²) in [6.45, 7) is 10.1. The van der Waals surface area contributed by atoms with Crippen LogP contribution >= 0.6 is 0 Å². The third-order valence-electron chi connectivity index (χ3n) is 3.95. The Morgan fingerprint density at radius 3 is 2.82 bits per heavy atom. The van der Waals surface area contributed by atoms with Crippen LogP contribution in [-0.4, -0.2) is 19.2 Å². The fourth-order valence-corrected chi connectivity index (χ4v) is 2.75. The molecule has 0 aromatic heterocycles. The molecule has 1 fully saturated rings. The molecule has 2 heteroatoms. The lowest BCUT2D eigenvalue weighted by Gasteiger charge is -2.19. The van der Waals surface area contributed by atoms with Crippen LogP contribution in [0, 0.1) is 11.8 Å². The third kappa shape index (κ3) is 6.11. The second-order valence-corrected chi connectivity index (χ2v) is 5.55. The molecule has 100 valence electrons. The molecular weight excluding hydrogens is 210 g/mol. The summed E-state index contributed by atoms with van der Waals surface area (Å²) >= 11 is 0. The van der Waals surface area contributed by atoms with Crippen LogP contribution in [0.5, 0.6) is 0 Å². The molecule has 1 aliphatic carbocycles. The molecule has 1 rings (SSSR count). The van der Waals surface area contributed by atoms with Crippen molar-refractivity contribution in [2.75, 3.05) is 13.2 Å². The fourth-order valence-electron chi connectivity index (χ4n) is 2.75. The van der Waals surface area contributed by atoms with E-state index in [1.165, 1.54) is 38.4 Å². The van der Waals surface area contributed by atoms with Gasteiger partial charge in [0.25, 0.3) is 0 Å². The second-order valence-electron chi connectivity index (χ2n) is 5.55. The Labute approximate surface area is 107 Å². The van der Waals surface area contributed by atoms with Crippen LogP contribution in [0.2, 0.25) is 0 Å². The molecule has 1 saturated carbocycles. The van der Waals surface area contributed by atoms with Gasteiger partial charge in [-0.2, -0.15) is 0 Å². The van der Waals surface area contributed by atoms with Gasteiger partial charge in [0.15, 0.2) is 0 Å². The lowest BCUT2D eigenvalue weighted by molar-refractivity contribution is 0.241. The average Bonchev–Trinajstić information content (AvgIpc) is 2.54. The third-order valence-corrected chi connectivity index (χ3v) is 3.95. The molecule has 1 N–H and O–H groups in total. The van der Waals surface area contributed by atoms with Gasteiger partial charge in [0, 0.05) is 6.04 Å². The van der Waals surface area contributed by atoms with Gasteiger partial charge in [0.1, 0.15) is 0 Å². The molecule has 0 saturated heterocycles. The number of nitrogens with one attached hydrogen (secondary N) is 1. The van der Waals surface area contributed by atoms with Crippen molar-refractivity contribution >= 4 is 0 Å². The van der Waals surface area contributed by atoms with Crippen molar-refractivity contribution < 1.29 is 4.74 Å². The smallest absolute Gasteiger partial charge is 0.0885 e. The first kappa shape index (κ1) is 14.6. The van der Waals surface area contributed by atoms with Gasteiger partial charge in [0.2, 0.25) is 0 Å². The fraction of sp³-hybridized carbons (Fsp3) is 0.867. The van der Waals surface area contributed by atoms with Gasteiger partial charge in [-0.3, -0.25) is 0 Å². The van der Waals surface area contributed by atoms with Crippen molar-refractivity contribution in [1.82, 2.24) is 5.32 Å². The summed E-state index contributed by atoms with van der Waals surface area (Å²) in [5, 5.41) is 3.67. The highest BCUT2D eigenvalue weighted by Gasteiger charge is 2.20. The van der Waals surface area contributed by atoms with Crippen LogP contribution in [-0.2, 0) is 4.74 Å². The van der Waals surface area contributed by atoms with E-state index in [1.54, 1.807) is 0 Å². The standard InChI is InChI=1S/C15H29NO/c1-4-17-12-6-11-16-15-8-5-7-14(9-10-15)13(2)3/h4,13-16H,1,5-12H2,2-3H3. The average molecular weight is 239 g/mol. The summed E-state index contributed by atoms with van der Waals surface area (Å²) in [5.74, 6) is 1.81. The zero-order valence-corrected chi connectivity index (χ0v) is 11.6. The minimum atomic E-state index is 0.738. The van der Waals surface area contributed by atoms with E-state index in [2.05, 4.69) is 25.7 Å². The maximum Gasteiger partial charge on any atom is 0.0885 e. The molecule has 0 bridgehead atoms. The van der Waals surface area contributed by atoms with Gasteiger partial charge < -0.3 is 10.1 Å². The van der Waals surface area contributed by atoms with Crippen LogP contribution in [0.1, 0.15) is 52.4 Å². The monoisotopic (exact) mass is 239 g/mol. The van der Waals surface area contributed by atoms with Gasteiger partial charge in [0.05, 0.1) is 12.9 Å². The summed E-state index contributed by atoms with van der Waals surface area (Å²) < 4.78 is 5.12. The predicted molar refractivity (Wildman–Crippen MR) is 74.0 cm³/mol. The molecule has 2 unspecified atom stereocenters. The lowest BCUT2D eigenvalue weighted by atomic mass is 9.89. The van der Waals surface area contributed by atoms with Crippen LogP contribution in [0.4, 0.5) is 0 Å². The zero-order valence-electron chi connectivity index (χ0n) is 11.6. The van der Waals surface area contributed by atoms with E-state index in [4.69, 9.17) is 4.74 Å². The van der Waals surface area contributed by atoms with E-state index in [0.29, 0.717) is 0 Å². The van der Waals surface area contributed by atoms with Crippen molar-refractivity contribution in [3.05, 3.63) is 12.8 Å². The number of hydrogen-bond acceptors (Lipinski definition) is 2. The molecule has 0 heterocycles. The Balaban J connectivity index is 2.11. The maximum atomic E-state index is 5.12. The molecule has 0 radical (unpaired) electrons. The summed E-state index contributed by atoms with van der Waals surface area (Å²) in [7, 11) is 0. The molecule has 0 aromatic carbocycles. The van der Waals surface area contributed by atoms with Crippen molar-refractivity contribution in [3.63, 3.8) is 0 Å². The van der Waals surface area contributed by atoms with Crippen LogP contribution in [0.15, 0.2) is 12.8 Å². The SMILES string of the molecule is C=COCCCNC1CCCC(C(C)C)CC1. The van der Waals surface area contributed by atoms with E-state index in [1.807, 2.05) is 0 Å². The molecule has 17 heavy (non-hydrogen) atoms. The molecular formula is C15H29NO. The molecule has 2 atom stereocenters. The molecule has 0 spiro atoms. The Hall–Kier alpha value is -0.500. The molecule has 0 aliphatic heterocycles. The van der Waals surface area contributed by atoms with Crippen LogP contribution < -0.4 is 5.32 Å². The van der Waals surface area contributed by atoms with Crippen molar-refractivity contribution in [2.45, 2.75) is 58.4 Å². The first-order valence-electron chi connectivity index (χ1n) is 7.20. The van der Waals surface area contributed by atoms with Gasteiger partial charge >= 0.3 is 0 Å². The summed E-state index contributed by atoms with van der Waals surface area (Å²) in [4.78, 5) is 0. The molecule has 0 aromatic rings. The van der Waals surface area contributed by atoms with Gasteiger partial charge in [-0.1, -0.05) is 33.3 Å². The molecule has 2 nitrogen and oxygen atoms in total. The second kappa shape index (κ2) is 8.57. The lowest BCUT2D eigenvalue weighted by Crippen LogP contribution is -2.30. The first-order valence-corrected chi connectivity index (χ1v) is 7.20. The van der Waals surface area contributed by atoms with E-state index in [-0.39, 0.29) is 0 Å². The largest absolute Gasteiger partial charge is 0.502 e. The topological polar surface area (TPSA) is 21.3 Å². The Morgan fingerprint density at radius 2 is 2.12 bits per heavy atom. The number of ether oxygens (including phenoxy) is 1. The van der Waals surface area contributed by atoms with Crippen LogP contribution in [0.3, 0.4) is 0 Å². The normalized spacial score (nSPS) is 25.6. The summed E-state index contributed by atoms with van der Waals surface area (Å²) in [5.41, 5.74) is 0. The highest BCUT2D eigenvalue weighted by atomic mass is 16.5. The highest BCUT2D eigenvalue weighted by Crippen LogP contribution is 2.28. The predicted octanol–water partition coefficient (Wildman–Crippen LogP) is 3.73. The first-order chi connectivity index (χ1) is 8.24. The van der Waals surface area contributed by atoms with E-state index >= 15 is 0 Å². The summed E-state index contributed by atoms with van der Waals surface area (Å²) in [6, 6.07) is 0.738. The summed E-state index contributed by atoms with van der Waals surface area (Å²) in [6.07, 6.45) is 9.53. The van der Waals surface area contributed by atoms with E-state index < -0.39 is 0 Å². The number of rotatable bonds is 7. The van der Waals surface area contributed by atoms with Crippen molar-refractivity contribution in [1.29, 1.82) is 0 Å². The van der Waals surface area contributed by atoms with Gasteiger partial charge in [-0.25, -0.2) is 0 Å². The zero-order chi connectivity index (χ0) is 12.5. The highest BCUT2D eigenvalue weighted by molar-refractivity contribution is 4.76. The van der Waals surface area contributed by atoms with Gasteiger partial charge in [-0.05, 0) is 44.1 Å². The van der Waals surface area contributed by atoms with Crippen molar-refractivity contribution in [3.8, 4) is 0 Å². The molecule has 1 aliphatic rings. The number of hydrogen-bond donors (Lipinski definition) is 1. The maximum absolute atomic E-state index is 5.12. The van der Waals surface area contributed by atoms with Crippen LogP contribution in [0.25, 0.3) is 0 Å². The Morgan fingerprint density at radius 1 is 1.29 bits per heavy atom. The van der Waals surface area contributed by atoms with Gasteiger partial charge in [-0.15, -0.1) is 0 Å².